The molecule has 0 fully saturated rings. The number of fused-ring (bicyclic) bond motifs is 2. The third-order valence-corrected chi connectivity index (χ3v) is 13.0. The average Bonchev–Trinajstić information content (AvgIpc) is 3.10. The lowest BCUT2D eigenvalue weighted by molar-refractivity contribution is -0.462. The highest BCUT2D eigenvalue weighted by Gasteiger charge is 2.41. The standard InChI is InChI=1S/C40H41N5O4Si/c1-44(2)28-13-16-31-35(22-28)50(5,6)36-23-29(45(3)4)14-17-32(36)38(31)30-15-12-27(21-33(30)39(47)48)34(46)18-11-25-7-9-26(10-8-25)24-49-40-42-20-19-37(41)43-40/h7-10,12-17,19-23H,11,18,24H2,1-6H3,(H2-,41,42,43,47,48)/p+1. The SMILES string of the molecule is CN(C)c1ccc2c(c1)[Si](C)(C)C1=CC(=[N+](C)C)C=CC1=C2c1ccc(C(=O)CCc2ccc(COc3nccc(N)n3)cc2)cc1C(=O)O. The molecule has 0 radical (unpaired) electrons. The van der Waals surface area contributed by atoms with Crippen LogP contribution in [0.3, 0.4) is 0 Å². The number of nitrogens with zero attached hydrogens (tertiary/aromatic N) is 4. The number of Topliss-reactive ketones (excluding diaryl/α,β-unsaturated/α-hetero) is 1. The van der Waals surface area contributed by atoms with E-state index in [-0.39, 0.29) is 30.4 Å². The van der Waals surface area contributed by atoms with E-state index in [1.165, 1.54) is 10.4 Å². The number of allylic oxidation sites excluding steroid dienone is 5. The number of hydrogen-bond acceptors (Lipinski definition) is 7. The molecule has 254 valence electrons. The van der Waals surface area contributed by atoms with E-state index < -0.39 is 14.0 Å². The molecule has 0 amide bonds. The highest BCUT2D eigenvalue weighted by atomic mass is 28.3. The second-order valence-corrected chi connectivity index (χ2v) is 17.9. The van der Waals surface area contributed by atoms with Crippen LogP contribution in [0.25, 0.3) is 5.57 Å². The minimum absolute atomic E-state index is 0.112. The van der Waals surface area contributed by atoms with Crippen LogP contribution < -0.4 is 20.6 Å². The van der Waals surface area contributed by atoms with Crippen LogP contribution in [0.1, 0.15) is 49.4 Å². The summed E-state index contributed by atoms with van der Waals surface area (Å²) in [5.74, 6) is -0.838. The first-order valence-corrected chi connectivity index (χ1v) is 19.5. The van der Waals surface area contributed by atoms with Gasteiger partial charge in [0.2, 0.25) is 0 Å². The maximum absolute atomic E-state index is 13.5. The molecular weight excluding hydrogens is 643 g/mol. The van der Waals surface area contributed by atoms with Crippen molar-refractivity contribution < 1.29 is 24.0 Å². The van der Waals surface area contributed by atoms with E-state index in [1.54, 1.807) is 24.4 Å². The maximum atomic E-state index is 13.5. The summed E-state index contributed by atoms with van der Waals surface area (Å²) in [5, 5.41) is 13.1. The lowest BCUT2D eigenvalue weighted by Gasteiger charge is -2.38. The fraction of sp³-hybridized carbons (Fsp3) is 0.225. The maximum Gasteiger partial charge on any atom is 0.336 e. The number of nitrogen functional groups attached to an aromatic ring is 1. The number of aryl methyl sites for hydroxylation is 1. The fourth-order valence-electron chi connectivity index (χ4n) is 6.56. The molecule has 0 saturated heterocycles. The third kappa shape index (κ3) is 6.79. The van der Waals surface area contributed by atoms with Crippen LogP contribution in [0.5, 0.6) is 6.01 Å². The topological polar surface area (TPSA) is 122 Å². The second-order valence-electron chi connectivity index (χ2n) is 13.6. The first-order valence-electron chi connectivity index (χ1n) is 16.5. The number of carboxylic acid groups (broad SMARTS) is 1. The summed E-state index contributed by atoms with van der Waals surface area (Å²) in [6.07, 6.45) is 8.79. The van der Waals surface area contributed by atoms with Gasteiger partial charge in [0.05, 0.1) is 5.56 Å². The molecule has 10 heteroatoms. The van der Waals surface area contributed by atoms with Gasteiger partial charge in [-0.15, -0.1) is 0 Å². The number of ketones is 1. The number of hydrogen-bond donors (Lipinski definition) is 2. The number of rotatable bonds is 10. The molecule has 0 atom stereocenters. The van der Waals surface area contributed by atoms with Crippen molar-refractivity contribution in [2.75, 3.05) is 38.8 Å². The lowest BCUT2D eigenvalue weighted by atomic mass is 9.86. The van der Waals surface area contributed by atoms with Gasteiger partial charge in [0.25, 0.3) is 0 Å². The average molecular weight is 685 g/mol. The minimum Gasteiger partial charge on any atom is -0.478 e. The van der Waals surface area contributed by atoms with Crippen molar-refractivity contribution in [2.24, 2.45) is 0 Å². The number of nitrogens with two attached hydrogens (primary N) is 1. The molecule has 2 heterocycles. The Balaban J connectivity index is 1.29. The minimum atomic E-state index is -2.20. The van der Waals surface area contributed by atoms with E-state index >= 15 is 0 Å². The molecule has 0 unspecified atom stereocenters. The van der Waals surface area contributed by atoms with Gasteiger partial charge in [-0.3, -0.25) is 4.79 Å². The number of aromatic nitrogens is 2. The van der Waals surface area contributed by atoms with Crippen molar-refractivity contribution in [1.29, 1.82) is 0 Å². The van der Waals surface area contributed by atoms with E-state index in [0.717, 1.165) is 39.2 Å². The van der Waals surface area contributed by atoms with Crippen molar-refractivity contribution in [2.45, 2.75) is 32.5 Å². The Bertz CT molecular complexity index is 2140. The Morgan fingerprint density at radius 2 is 1.66 bits per heavy atom. The summed E-state index contributed by atoms with van der Waals surface area (Å²) in [4.78, 5) is 36.6. The van der Waals surface area contributed by atoms with Crippen molar-refractivity contribution in [3.05, 3.63) is 135 Å². The van der Waals surface area contributed by atoms with Gasteiger partial charge in [-0.25, -0.2) is 14.4 Å². The predicted molar refractivity (Wildman–Crippen MR) is 202 cm³/mol. The Morgan fingerprint density at radius 3 is 2.34 bits per heavy atom. The number of carbonyl (C=O) groups excluding carboxylic acids is 1. The van der Waals surface area contributed by atoms with Crippen molar-refractivity contribution in [1.82, 2.24) is 9.97 Å². The first kappa shape index (κ1) is 34.3. The van der Waals surface area contributed by atoms with Crippen LogP contribution in [0.15, 0.2) is 102 Å². The van der Waals surface area contributed by atoms with Gasteiger partial charge in [0.15, 0.2) is 11.5 Å². The van der Waals surface area contributed by atoms with Crippen molar-refractivity contribution in [3.63, 3.8) is 0 Å². The first-order chi connectivity index (χ1) is 23.8. The van der Waals surface area contributed by atoms with Crippen LogP contribution in [0.2, 0.25) is 13.1 Å². The molecular formula is C40H42N5O4Si+. The van der Waals surface area contributed by atoms with Gasteiger partial charge in [-0.2, -0.15) is 4.98 Å². The number of anilines is 2. The fourth-order valence-corrected chi connectivity index (χ4v) is 9.63. The normalized spacial score (nSPS) is 14.4. The number of benzene rings is 3. The second kappa shape index (κ2) is 13.7. The molecule has 0 bridgehead atoms. The molecule has 1 aliphatic carbocycles. The summed E-state index contributed by atoms with van der Waals surface area (Å²) < 4.78 is 7.72. The van der Waals surface area contributed by atoms with Gasteiger partial charge < -0.3 is 20.5 Å². The van der Waals surface area contributed by atoms with E-state index in [2.05, 4.69) is 69.0 Å². The summed E-state index contributed by atoms with van der Waals surface area (Å²) in [6, 6.07) is 21.2. The molecule has 6 rings (SSSR count). The molecule has 2 aliphatic rings. The number of carbonyl (C=O) groups is 2. The Kier molecular flexibility index (Phi) is 9.40. The Morgan fingerprint density at radius 1 is 0.940 bits per heavy atom. The highest BCUT2D eigenvalue weighted by Crippen LogP contribution is 2.43. The number of carboxylic acids is 1. The van der Waals surface area contributed by atoms with Crippen molar-refractivity contribution >= 4 is 47.8 Å². The lowest BCUT2D eigenvalue weighted by Crippen LogP contribution is -2.49. The number of ether oxygens (including phenoxy) is 1. The molecule has 3 N–H and O–H groups in total. The third-order valence-electron chi connectivity index (χ3n) is 9.45. The largest absolute Gasteiger partial charge is 0.478 e. The van der Waals surface area contributed by atoms with Gasteiger partial charge in [-0.05, 0) is 80.5 Å². The smallest absolute Gasteiger partial charge is 0.336 e. The molecule has 0 saturated carbocycles. The molecule has 0 spiro atoms. The van der Waals surface area contributed by atoms with Gasteiger partial charge >= 0.3 is 12.0 Å². The van der Waals surface area contributed by atoms with Crippen LogP contribution in [0.4, 0.5) is 11.5 Å². The van der Waals surface area contributed by atoms with Crippen LogP contribution in [-0.2, 0) is 13.0 Å². The quantitative estimate of drug-likeness (QED) is 0.124. The summed E-state index contributed by atoms with van der Waals surface area (Å²) >= 11 is 0. The molecule has 9 nitrogen and oxygen atoms in total. The Labute approximate surface area is 293 Å². The highest BCUT2D eigenvalue weighted by molar-refractivity contribution is 6.98. The summed E-state index contributed by atoms with van der Waals surface area (Å²) in [5.41, 5.74) is 13.9. The molecule has 1 aliphatic heterocycles. The zero-order chi connectivity index (χ0) is 35.7. The summed E-state index contributed by atoms with van der Waals surface area (Å²) in [7, 11) is 5.93. The van der Waals surface area contributed by atoms with E-state index in [1.807, 2.05) is 58.5 Å². The Hall–Kier alpha value is -5.61. The van der Waals surface area contributed by atoms with Crippen LogP contribution in [0, 0.1) is 0 Å². The molecule has 4 aromatic rings. The van der Waals surface area contributed by atoms with Crippen LogP contribution >= 0.6 is 0 Å². The molecule has 1 aromatic heterocycles. The van der Waals surface area contributed by atoms with Gasteiger partial charge in [0.1, 0.15) is 34.6 Å². The monoisotopic (exact) mass is 684 g/mol. The zero-order valence-corrected chi connectivity index (χ0v) is 30.3. The summed E-state index contributed by atoms with van der Waals surface area (Å²) in [6.45, 7) is 5.00. The number of aromatic carboxylic acids is 1. The molecule has 3 aromatic carbocycles. The molecule has 50 heavy (non-hydrogen) atoms. The van der Waals surface area contributed by atoms with E-state index in [0.29, 0.717) is 23.4 Å². The van der Waals surface area contributed by atoms with Crippen LogP contribution in [-0.4, -0.2) is 73.4 Å². The predicted octanol–water partition coefficient (Wildman–Crippen LogP) is 5.70. The van der Waals surface area contributed by atoms with Gasteiger partial charge in [-0.1, -0.05) is 55.6 Å². The van der Waals surface area contributed by atoms with Gasteiger partial charge in [0, 0.05) is 50.1 Å². The van der Waals surface area contributed by atoms with E-state index in [4.69, 9.17) is 10.5 Å². The zero-order valence-electron chi connectivity index (χ0n) is 29.3. The van der Waals surface area contributed by atoms with Crippen molar-refractivity contribution in [3.8, 4) is 6.01 Å². The van der Waals surface area contributed by atoms with E-state index in [9.17, 15) is 14.7 Å².